The first-order chi connectivity index (χ1) is 11.0. The molecule has 0 unspecified atom stereocenters. The Morgan fingerprint density at radius 2 is 1.83 bits per heavy atom. The van der Waals surface area contributed by atoms with Crippen molar-refractivity contribution in [1.29, 1.82) is 0 Å². The number of fused-ring (bicyclic) bond motifs is 1. The average Bonchev–Trinajstić information content (AvgIpc) is 2.84. The van der Waals surface area contributed by atoms with Crippen molar-refractivity contribution in [2.75, 3.05) is 13.1 Å². The van der Waals surface area contributed by atoms with Crippen LogP contribution < -0.4 is 0 Å². The Labute approximate surface area is 133 Å². The zero-order valence-electron chi connectivity index (χ0n) is 13.0. The van der Waals surface area contributed by atoms with E-state index in [1.165, 1.54) is 0 Å². The molecule has 1 aliphatic heterocycles. The van der Waals surface area contributed by atoms with Crippen LogP contribution in [-0.4, -0.2) is 44.7 Å². The quantitative estimate of drug-likeness (QED) is 0.905. The molecular formula is C17H20N2O4. The van der Waals surface area contributed by atoms with E-state index in [4.69, 9.17) is 0 Å². The summed E-state index contributed by atoms with van der Waals surface area (Å²) in [6.07, 6.45) is 4.93. The highest BCUT2D eigenvalue weighted by atomic mass is 16.4. The van der Waals surface area contributed by atoms with E-state index in [2.05, 4.69) is 0 Å². The van der Waals surface area contributed by atoms with Gasteiger partial charge in [0, 0.05) is 29.7 Å². The topological polar surface area (TPSA) is 82.8 Å². The van der Waals surface area contributed by atoms with Crippen LogP contribution in [0, 0.1) is 0 Å². The van der Waals surface area contributed by atoms with Gasteiger partial charge in [-0.25, -0.2) is 4.79 Å². The van der Waals surface area contributed by atoms with Crippen LogP contribution in [-0.2, 0) is 11.8 Å². The Bertz CT molecular complexity index is 759. The number of rotatable bonds is 4. The number of aliphatic carboxylic acids is 1. The highest BCUT2D eigenvalue weighted by Gasteiger charge is 2.31. The lowest BCUT2D eigenvalue weighted by Gasteiger charge is -2.31. The number of likely N-dealkylation sites (tertiary alicyclic amines) is 1. The molecule has 1 aromatic heterocycles. The minimum absolute atomic E-state index is 0.174. The van der Waals surface area contributed by atoms with Crippen LogP contribution in [0.25, 0.3) is 10.9 Å². The minimum atomic E-state index is -1.01. The van der Waals surface area contributed by atoms with E-state index in [1.54, 1.807) is 18.2 Å². The van der Waals surface area contributed by atoms with Crippen molar-refractivity contribution in [1.82, 2.24) is 9.47 Å². The van der Waals surface area contributed by atoms with E-state index >= 15 is 0 Å². The number of piperidine rings is 1. The maximum absolute atomic E-state index is 11.9. The lowest BCUT2D eigenvalue weighted by molar-refractivity contribution is -0.144. The second kappa shape index (κ2) is 6.04. The molecule has 0 aliphatic carbocycles. The number of nitrogens with zero attached hydrogens (tertiary/aromatic N) is 2. The fraction of sp³-hybridized carbons (Fsp3) is 0.412. The fourth-order valence-electron chi connectivity index (χ4n) is 3.44. The summed E-state index contributed by atoms with van der Waals surface area (Å²) in [5.41, 5.74) is 1.68. The molecule has 3 rings (SSSR count). The number of hydrogen-bond acceptors (Lipinski definition) is 3. The molecule has 1 saturated heterocycles. The molecule has 0 radical (unpaired) electrons. The SMILES string of the molecule is Cn1cc([C@H](C(=O)O)N2CCCCC2)c2cc(C(=O)O)ccc21. The number of benzene rings is 1. The first-order valence-corrected chi connectivity index (χ1v) is 7.78. The van der Waals surface area contributed by atoms with Gasteiger partial charge < -0.3 is 14.8 Å². The number of carbonyl (C=O) groups is 2. The van der Waals surface area contributed by atoms with Crippen molar-refractivity contribution in [3.63, 3.8) is 0 Å². The van der Waals surface area contributed by atoms with Crippen LogP contribution >= 0.6 is 0 Å². The summed E-state index contributed by atoms with van der Waals surface area (Å²) in [5.74, 6) is -1.90. The van der Waals surface area contributed by atoms with Crippen molar-refractivity contribution in [3.05, 3.63) is 35.5 Å². The predicted octanol–water partition coefficient (Wildman–Crippen LogP) is 2.49. The molecule has 1 aromatic carbocycles. The Morgan fingerprint density at radius 3 is 2.43 bits per heavy atom. The molecule has 2 N–H and O–H groups in total. The molecule has 6 heteroatoms. The van der Waals surface area contributed by atoms with E-state index in [-0.39, 0.29) is 5.56 Å². The summed E-state index contributed by atoms with van der Waals surface area (Å²) in [7, 11) is 1.85. The third kappa shape index (κ3) is 2.82. The lowest BCUT2D eigenvalue weighted by Crippen LogP contribution is -2.37. The zero-order valence-corrected chi connectivity index (χ0v) is 13.0. The van der Waals surface area contributed by atoms with Gasteiger partial charge in [-0.1, -0.05) is 6.42 Å². The van der Waals surface area contributed by atoms with Gasteiger partial charge in [0.2, 0.25) is 0 Å². The molecule has 122 valence electrons. The average molecular weight is 316 g/mol. The first-order valence-electron chi connectivity index (χ1n) is 7.78. The van der Waals surface area contributed by atoms with Gasteiger partial charge in [0.25, 0.3) is 0 Å². The number of aromatic carboxylic acids is 1. The third-order valence-corrected chi connectivity index (χ3v) is 4.55. The number of carboxylic acids is 2. The van der Waals surface area contributed by atoms with Crippen LogP contribution in [0.2, 0.25) is 0 Å². The molecule has 6 nitrogen and oxygen atoms in total. The van der Waals surface area contributed by atoms with E-state index in [1.807, 2.05) is 22.7 Å². The standard InChI is InChI=1S/C17H20N2O4/c1-18-10-13(12-9-11(16(20)21)5-6-14(12)18)15(17(22)23)19-7-3-2-4-8-19/h5-6,9-10,15H,2-4,7-8H2,1H3,(H,20,21)(H,22,23)/t15-/m1/s1. The van der Waals surface area contributed by atoms with E-state index < -0.39 is 18.0 Å². The normalized spacial score (nSPS) is 17.3. The van der Waals surface area contributed by atoms with Gasteiger partial charge in [0.05, 0.1) is 5.56 Å². The Balaban J connectivity index is 2.13. The van der Waals surface area contributed by atoms with Gasteiger partial charge in [0.15, 0.2) is 0 Å². The highest BCUT2D eigenvalue weighted by Crippen LogP contribution is 2.32. The van der Waals surface area contributed by atoms with Gasteiger partial charge in [-0.15, -0.1) is 0 Å². The smallest absolute Gasteiger partial charge is 0.335 e. The second-order valence-electron chi connectivity index (χ2n) is 6.07. The fourth-order valence-corrected chi connectivity index (χ4v) is 3.44. The minimum Gasteiger partial charge on any atom is -0.480 e. The molecule has 0 saturated carbocycles. The number of carboxylic acid groups (broad SMARTS) is 2. The molecular weight excluding hydrogens is 296 g/mol. The van der Waals surface area contributed by atoms with Crippen molar-refractivity contribution in [2.45, 2.75) is 25.3 Å². The highest BCUT2D eigenvalue weighted by molar-refractivity contribution is 5.96. The molecule has 1 atom stereocenters. The van der Waals surface area contributed by atoms with Crippen molar-refractivity contribution < 1.29 is 19.8 Å². The predicted molar refractivity (Wildman–Crippen MR) is 85.7 cm³/mol. The van der Waals surface area contributed by atoms with Gasteiger partial charge in [-0.2, -0.15) is 0 Å². The maximum Gasteiger partial charge on any atom is 0.335 e. The van der Waals surface area contributed by atoms with Gasteiger partial charge in [0.1, 0.15) is 6.04 Å². The van der Waals surface area contributed by atoms with Gasteiger partial charge >= 0.3 is 11.9 Å². The maximum atomic E-state index is 11.9. The molecule has 0 bridgehead atoms. The molecule has 1 fully saturated rings. The Morgan fingerprint density at radius 1 is 1.13 bits per heavy atom. The van der Waals surface area contributed by atoms with E-state index in [9.17, 15) is 19.8 Å². The summed E-state index contributed by atoms with van der Waals surface area (Å²) >= 11 is 0. The number of aryl methyl sites for hydroxylation is 1. The number of aromatic nitrogens is 1. The van der Waals surface area contributed by atoms with Gasteiger partial charge in [-0.05, 0) is 44.1 Å². The summed E-state index contributed by atoms with van der Waals surface area (Å²) in [5, 5.41) is 19.7. The lowest BCUT2D eigenvalue weighted by atomic mass is 10.00. The van der Waals surface area contributed by atoms with Crippen LogP contribution in [0.5, 0.6) is 0 Å². The Kier molecular flexibility index (Phi) is 4.09. The molecule has 0 spiro atoms. The van der Waals surface area contributed by atoms with E-state index in [0.29, 0.717) is 10.9 Å². The molecule has 1 aliphatic rings. The van der Waals surface area contributed by atoms with Crippen molar-refractivity contribution >= 4 is 22.8 Å². The molecule has 0 amide bonds. The molecule has 2 aromatic rings. The van der Waals surface area contributed by atoms with Crippen LogP contribution in [0.1, 0.15) is 41.2 Å². The summed E-state index contributed by atoms with van der Waals surface area (Å²) < 4.78 is 1.86. The van der Waals surface area contributed by atoms with Crippen LogP contribution in [0.4, 0.5) is 0 Å². The molecule has 2 heterocycles. The summed E-state index contributed by atoms with van der Waals surface area (Å²) in [4.78, 5) is 25.1. The van der Waals surface area contributed by atoms with Crippen molar-refractivity contribution in [3.8, 4) is 0 Å². The Hall–Kier alpha value is -2.34. The zero-order chi connectivity index (χ0) is 16.6. The monoisotopic (exact) mass is 316 g/mol. The van der Waals surface area contributed by atoms with Crippen molar-refractivity contribution in [2.24, 2.45) is 7.05 Å². The van der Waals surface area contributed by atoms with Crippen LogP contribution in [0.15, 0.2) is 24.4 Å². The summed E-state index contributed by atoms with van der Waals surface area (Å²) in [6.45, 7) is 1.51. The third-order valence-electron chi connectivity index (χ3n) is 4.55. The van der Waals surface area contributed by atoms with E-state index in [0.717, 1.165) is 37.9 Å². The largest absolute Gasteiger partial charge is 0.480 e. The molecule has 23 heavy (non-hydrogen) atoms. The first kappa shape index (κ1) is 15.6. The van der Waals surface area contributed by atoms with Crippen LogP contribution in [0.3, 0.4) is 0 Å². The van der Waals surface area contributed by atoms with Gasteiger partial charge in [-0.3, -0.25) is 9.69 Å². The second-order valence-corrected chi connectivity index (χ2v) is 6.07. The summed E-state index contributed by atoms with van der Waals surface area (Å²) in [6, 6.07) is 4.12. The number of hydrogen-bond donors (Lipinski definition) is 2.